The van der Waals surface area contributed by atoms with E-state index in [4.69, 9.17) is 23.8 Å². The summed E-state index contributed by atoms with van der Waals surface area (Å²) in [6.07, 6.45) is 0.318. The van der Waals surface area contributed by atoms with Crippen molar-refractivity contribution < 1.29 is 37.0 Å². The van der Waals surface area contributed by atoms with E-state index in [0.29, 0.717) is 6.61 Å². The number of aliphatic carboxylic acids is 1. The molecule has 0 radical (unpaired) electrons. The highest BCUT2D eigenvalue weighted by Crippen LogP contribution is 2.28. The Hall–Kier alpha value is -3.90. The van der Waals surface area contributed by atoms with Crippen molar-refractivity contribution in [1.82, 2.24) is 19.7 Å². The number of halogens is 3. The molecule has 1 atom stereocenters. The van der Waals surface area contributed by atoms with Gasteiger partial charge in [0.2, 0.25) is 0 Å². The topological polar surface area (TPSA) is 102 Å². The van der Waals surface area contributed by atoms with Crippen molar-refractivity contribution >= 4 is 11.5 Å². The second-order valence-electron chi connectivity index (χ2n) is 7.98. The summed E-state index contributed by atoms with van der Waals surface area (Å²) in [4.78, 5) is 11.3. The molecule has 4 aromatic rings. The number of methoxy groups -OCH3 is 1. The Bertz CT molecular complexity index is 1290. The van der Waals surface area contributed by atoms with Crippen molar-refractivity contribution in [1.29, 1.82) is 0 Å². The molecule has 1 fully saturated rings. The first-order chi connectivity index (χ1) is 17.2. The van der Waals surface area contributed by atoms with Gasteiger partial charge in [-0.15, -0.1) is 5.10 Å². The van der Waals surface area contributed by atoms with Crippen molar-refractivity contribution in [3.05, 3.63) is 72.4 Å². The summed E-state index contributed by atoms with van der Waals surface area (Å²) < 4.78 is 50.0. The number of furan rings is 1. The number of carbonyl (C=O) groups is 1. The van der Waals surface area contributed by atoms with E-state index in [-0.39, 0.29) is 6.10 Å². The van der Waals surface area contributed by atoms with Gasteiger partial charge in [0, 0.05) is 37.0 Å². The summed E-state index contributed by atoms with van der Waals surface area (Å²) >= 11 is 0. The van der Waals surface area contributed by atoms with Crippen LogP contribution in [-0.2, 0) is 16.1 Å². The highest BCUT2D eigenvalue weighted by molar-refractivity contribution is 5.73. The van der Waals surface area contributed by atoms with Crippen LogP contribution in [-0.4, -0.2) is 63.8 Å². The molecule has 1 N–H and O–H groups in total. The number of fused-ring (bicyclic) bond motifs is 1. The quantitative estimate of drug-likeness (QED) is 0.432. The van der Waals surface area contributed by atoms with E-state index in [9.17, 15) is 13.2 Å². The maximum atomic E-state index is 10.6. The third kappa shape index (κ3) is 6.01. The minimum absolute atomic E-state index is 0.0972. The predicted molar refractivity (Wildman–Crippen MR) is 121 cm³/mol. The summed E-state index contributed by atoms with van der Waals surface area (Å²) in [6.45, 7) is 3.19. The zero-order valence-electron chi connectivity index (χ0n) is 19.2. The highest BCUT2D eigenvalue weighted by Gasteiger charge is 2.38. The van der Waals surface area contributed by atoms with Crippen LogP contribution in [0.2, 0.25) is 0 Å². The van der Waals surface area contributed by atoms with Gasteiger partial charge in [-0.25, -0.2) is 9.31 Å². The first kappa shape index (κ1) is 25.2. The number of carboxylic acids is 1. The van der Waals surface area contributed by atoms with Crippen LogP contribution in [0.15, 0.2) is 65.6 Å². The molecule has 0 spiro atoms. The van der Waals surface area contributed by atoms with Crippen LogP contribution >= 0.6 is 0 Å². The molecule has 190 valence electrons. The molecular weight excluding hydrogens is 481 g/mol. The van der Waals surface area contributed by atoms with Gasteiger partial charge in [-0.3, -0.25) is 4.90 Å². The van der Waals surface area contributed by atoms with Crippen molar-refractivity contribution in [2.45, 2.75) is 18.8 Å². The van der Waals surface area contributed by atoms with Gasteiger partial charge in [0.15, 0.2) is 0 Å². The number of hydrogen-bond acceptors (Lipinski definition) is 7. The SMILES string of the molecule is COc1ccc(-c2ccc3c(C4CN(Cc5ccoc5)CCO4)nnn3c2)cc1.O=C(O)C(F)(F)F. The van der Waals surface area contributed by atoms with Gasteiger partial charge in [-0.2, -0.15) is 13.2 Å². The third-order valence-corrected chi connectivity index (χ3v) is 5.55. The van der Waals surface area contributed by atoms with Crippen LogP contribution in [0.1, 0.15) is 17.4 Å². The van der Waals surface area contributed by atoms with Crippen LogP contribution in [0.4, 0.5) is 13.2 Å². The van der Waals surface area contributed by atoms with Gasteiger partial charge < -0.3 is 19.0 Å². The number of nitrogens with zero attached hydrogens (tertiary/aromatic N) is 4. The fourth-order valence-corrected chi connectivity index (χ4v) is 3.75. The van der Waals surface area contributed by atoms with Gasteiger partial charge >= 0.3 is 12.1 Å². The summed E-state index contributed by atoms with van der Waals surface area (Å²) in [5.74, 6) is -1.92. The monoisotopic (exact) mass is 504 g/mol. The molecule has 4 heterocycles. The predicted octanol–water partition coefficient (Wildman–Crippen LogP) is 4.20. The second kappa shape index (κ2) is 10.8. The Morgan fingerprint density at radius 2 is 1.89 bits per heavy atom. The number of rotatable bonds is 5. The largest absolute Gasteiger partial charge is 0.497 e. The molecule has 9 nitrogen and oxygen atoms in total. The average Bonchev–Trinajstić information content (AvgIpc) is 3.53. The molecule has 5 rings (SSSR count). The fraction of sp³-hybridized carbons (Fsp3) is 0.292. The molecule has 1 aliphatic heterocycles. The minimum Gasteiger partial charge on any atom is -0.497 e. The maximum absolute atomic E-state index is 10.6. The van der Waals surface area contributed by atoms with Crippen molar-refractivity contribution in [3.63, 3.8) is 0 Å². The van der Waals surface area contributed by atoms with E-state index >= 15 is 0 Å². The van der Waals surface area contributed by atoms with E-state index in [1.54, 1.807) is 19.6 Å². The maximum Gasteiger partial charge on any atom is 0.490 e. The summed E-state index contributed by atoms with van der Waals surface area (Å²) in [7, 11) is 1.67. The van der Waals surface area contributed by atoms with Gasteiger partial charge in [-0.1, -0.05) is 23.4 Å². The highest BCUT2D eigenvalue weighted by atomic mass is 19.4. The third-order valence-electron chi connectivity index (χ3n) is 5.55. The van der Waals surface area contributed by atoms with Gasteiger partial charge in [0.05, 0.1) is 31.8 Å². The molecule has 0 amide bonds. The van der Waals surface area contributed by atoms with Gasteiger partial charge in [-0.05, 0) is 29.8 Å². The number of alkyl halides is 3. The van der Waals surface area contributed by atoms with Crippen molar-refractivity contribution in [2.75, 3.05) is 26.8 Å². The van der Waals surface area contributed by atoms with Crippen LogP contribution in [0, 0.1) is 0 Å². The summed E-state index contributed by atoms with van der Waals surface area (Å²) in [6, 6.07) is 14.1. The normalized spacial score (nSPS) is 16.4. The standard InChI is InChI=1S/C22H22N4O3.C2HF3O2/c1-27-19-5-2-17(3-6-19)18-4-7-20-22(23-24-26(20)13-18)21-14-25(9-11-29-21)12-16-8-10-28-15-16;3-2(4,5)1(6)7/h2-8,10,13,15,21H,9,11-12,14H2,1H3;(H,6,7). The zero-order valence-corrected chi connectivity index (χ0v) is 19.2. The minimum atomic E-state index is -5.08. The van der Waals surface area contributed by atoms with Crippen LogP contribution in [0.5, 0.6) is 5.75 Å². The lowest BCUT2D eigenvalue weighted by molar-refractivity contribution is -0.192. The lowest BCUT2D eigenvalue weighted by Crippen LogP contribution is -2.37. The number of ether oxygens (including phenoxy) is 2. The Labute approximate surface area is 203 Å². The number of morpholine rings is 1. The first-order valence-corrected chi connectivity index (χ1v) is 10.9. The smallest absolute Gasteiger partial charge is 0.490 e. The molecule has 1 saturated heterocycles. The molecule has 3 aromatic heterocycles. The average molecular weight is 504 g/mol. The van der Waals surface area contributed by atoms with Gasteiger partial charge in [0.25, 0.3) is 0 Å². The Morgan fingerprint density at radius 1 is 1.17 bits per heavy atom. The van der Waals surface area contributed by atoms with Crippen molar-refractivity contribution in [3.8, 4) is 16.9 Å². The number of pyridine rings is 1. The first-order valence-electron chi connectivity index (χ1n) is 10.9. The number of carboxylic acid groups (broad SMARTS) is 1. The van der Waals surface area contributed by atoms with Crippen LogP contribution < -0.4 is 4.74 Å². The van der Waals surface area contributed by atoms with E-state index in [1.165, 1.54) is 5.56 Å². The zero-order chi connectivity index (χ0) is 25.7. The Balaban J connectivity index is 0.000000384. The second-order valence-corrected chi connectivity index (χ2v) is 7.98. The molecular formula is C24H23F3N4O5. The molecule has 1 aliphatic rings. The molecule has 1 aromatic carbocycles. The molecule has 0 saturated carbocycles. The fourth-order valence-electron chi connectivity index (χ4n) is 3.75. The molecule has 0 bridgehead atoms. The van der Waals surface area contributed by atoms with E-state index in [2.05, 4.69) is 27.3 Å². The molecule has 12 heteroatoms. The Morgan fingerprint density at radius 3 is 2.53 bits per heavy atom. The summed E-state index contributed by atoms with van der Waals surface area (Å²) in [5, 5.41) is 15.9. The van der Waals surface area contributed by atoms with Crippen LogP contribution in [0.25, 0.3) is 16.6 Å². The lowest BCUT2D eigenvalue weighted by atomic mass is 10.1. The molecule has 36 heavy (non-hydrogen) atoms. The van der Waals surface area contributed by atoms with Crippen LogP contribution in [0.3, 0.4) is 0 Å². The molecule has 1 unspecified atom stereocenters. The number of hydrogen-bond donors (Lipinski definition) is 1. The lowest BCUT2D eigenvalue weighted by Gasteiger charge is -2.31. The van der Waals surface area contributed by atoms with Crippen molar-refractivity contribution in [2.24, 2.45) is 0 Å². The molecule has 0 aliphatic carbocycles. The Kier molecular flexibility index (Phi) is 7.55. The number of benzene rings is 1. The van der Waals surface area contributed by atoms with Gasteiger partial charge in [0.1, 0.15) is 17.5 Å². The van der Waals surface area contributed by atoms with E-state index in [1.807, 2.05) is 41.0 Å². The number of aromatic nitrogens is 3. The van der Waals surface area contributed by atoms with E-state index < -0.39 is 12.1 Å². The van der Waals surface area contributed by atoms with E-state index in [0.717, 1.165) is 47.7 Å². The summed E-state index contributed by atoms with van der Waals surface area (Å²) in [5.41, 5.74) is 5.19.